The molecule has 0 spiro atoms. The van der Waals surface area contributed by atoms with Gasteiger partial charge in [0.25, 0.3) is 0 Å². The molecular weight excluding hydrogens is 272 g/mol. The molecular formula is C20H20S. The fraction of sp³-hybridized carbons (Fsp3) is 0.200. The lowest BCUT2D eigenvalue weighted by Gasteiger charge is -2.05. The summed E-state index contributed by atoms with van der Waals surface area (Å²) in [5, 5.41) is 2.12. The zero-order valence-corrected chi connectivity index (χ0v) is 13.2. The molecule has 0 saturated heterocycles. The van der Waals surface area contributed by atoms with Crippen molar-refractivity contribution in [2.75, 3.05) is 0 Å². The van der Waals surface area contributed by atoms with Gasteiger partial charge in [-0.3, -0.25) is 0 Å². The van der Waals surface area contributed by atoms with Crippen molar-refractivity contribution in [3.8, 4) is 21.6 Å². The van der Waals surface area contributed by atoms with Gasteiger partial charge in [0, 0.05) is 4.88 Å². The number of benzene rings is 2. The minimum Gasteiger partial charge on any atom is -0.144 e. The topological polar surface area (TPSA) is 0 Å². The Kier molecular flexibility index (Phi) is 4.52. The molecule has 0 atom stereocenters. The zero-order valence-electron chi connectivity index (χ0n) is 12.4. The van der Waals surface area contributed by atoms with Crippen molar-refractivity contribution in [3.05, 3.63) is 71.6 Å². The third kappa shape index (κ3) is 3.43. The van der Waals surface area contributed by atoms with Crippen molar-refractivity contribution in [1.82, 2.24) is 0 Å². The summed E-state index contributed by atoms with van der Waals surface area (Å²) in [6.45, 7) is 2.24. The first-order valence-electron chi connectivity index (χ1n) is 7.60. The largest absolute Gasteiger partial charge is 0.144 e. The highest BCUT2D eigenvalue weighted by molar-refractivity contribution is 7.13. The van der Waals surface area contributed by atoms with Crippen molar-refractivity contribution in [1.29, 1.82) is 0 Å². The predicted molar refractivity (Wildman–Crippen MR) is 93.8 cm³/mol. The summed E-state index contributed by atoms with van der Waals surface area (Å²) in [5.74, 6) is 0. The Bertz CT molecular complexity index is 661. The third-order valence-electron chi connectivity index (χ3n) is 3.80. The zero-order chi connectivity index (χ0) is 14.5. The molecule has 1 heterocycles. The Hall–Kier alpha value is -1.86. The monoisotopic (exact) mass is 292 g/mol. The molecule has 0 aliphatic carbocycles. The van der Waals surface area contributed by atoms with E-state index >= 15 is 0 Å². The van der Waals surface area contributed by atoms with Crippen LogP contribution in [-0.4, -0.2) is 0 Å². The summed E-state index contributed by atoms with van der Waals surface area (Å²) in [7, 11) is 0. The quantitative estimate of drug-likeness (QED) is 0.508. The van der Waals surface area contributed by atoms with E-state index in [0.29, 0.717) is 0 Å². The van der Waals surface area contributed by atoms with Crippen LogP contribution < -0.4 is 0 Å². The van der Waals surface area contributed by atoms with Gasteiger partial charge < -0.3 is 0 Å². The van der Waals surface area contributed by atoms with E-state index in [1.165, 1.54) is 46.4 Å². The van der Waals surface area contributed by atoms with Gasteiger partial charge in [-0.1, -0.05) is 67.9 Å². The maximum atomic E-state index is 2.26. The molecule has 0 saturated carbocycles. The van der Waals surface area contributed by atoms with Gasteiger partial charge in [0.2, 0.25) is 0 Å². The molecule has 0 unspecified atom stereocenters. The van der Waals surface area contributed by atoms with E-state index in [9.17, 15) is 0 Å². The van der Waals surface area contributed by atoms with Crippen LogP contribution in [0.1, 0.15) is 25.3 Å². The van der Waals surface area contributed by atoms with Gasteiger partial charge >= 0.3 is 0 Å². The smallest absolute Gasteiger partial charge is 0.0342 e. The molecule has 0 nitrogen and oxygen atoms in total. The molecule has 0 fully saturated rings. The van der Waals surface area contributed by atoms with Crippen molar-refractivity contribution < 1.29 is 0 Å². The fourth-order valence-corrected chi connectivity index (χ4v) is 3.25. The summed E-state index contributed by atoms with van der Waals surface area (Å²) in [6.07, 6.45) is 3.72. The minimum atomic E-state index is 1.19. The summed E-state index contributed by atoms with van der Waals surface area (Å²) < 4.78 is 0. The van der Waals surface area contributed by atoms with E-state index in [0.717, 1.165) is 0 Å². The van der Waals surface area contributed by atoms with Gasteiger partial charge in [0.1, 0.15) is 0 Å². The highest BCUT2D eigenvalue weighted by Crippen LogP contribution is 2.28. The summed E-state index contributed by atoms with van der Waals surface area (Å²) >= 11 is 1.79. The SMILES string of the molecule is CCCCc1ccc(-c2ccc(-c3cccs3)cc2)cc1. The second-order valence-corrected chi connectivity index (χ2v) is 6.30. The Labute approximate surface area is 131 Å². The normalized spacial score (nSPS) is 10.7. The summed E-state index contributed by atoms with van der Waals surface area (Å²) in [6, 6.07) is 22.1. The van der Waals surface area contributed by atoms with Crippen molar-refractivity contribution in [2.45, 2.75) is 26.2 Å². The molecule has 2 aromatic carbocycles. The van der Waals surface area contributed by atoms with Crippen LogP contribution in [0.5, 0.6) is 0 Å². The molecule has 1 heteroatoms. The van der Waals surface area contributed by atoms with Crippen LogP contribution in [0.15, 0.2) is 66.0 Å². The Morgan fingerprint density at radius 1 is 0.762 bits per heavy atom. The summed E-state index contributed by atoms with van der Waals surface area (Å²) in [5.41, 5.74) is 5.33. The average molecular weight is 292 g/mol. The lowest BCUT2D eigenvalue weighted by molar-refractivity contribution is 0.795. The van der Waals surface area contributed by atoms with E-state index in [2.05, 4.69) is 73.0 Å². The highest BCUT2D eigenvalue weighted by atomic mass is 32.1. The van der Waals surface area contributed by atoms with E-state index in [4.69, 9.17) is 0 Å². The molecule has 0 amide bonds. The number of unbranched alkanes of at least 4 members (excludes halogenated alkanes) is 1. The van der Waals surface area contributed by atoms with E-state index in [-0.39, 0.29) is 0 Å². The number of aryl methyl sites for hydroxylation is 1. The maximum Gasteiger partial charge on any atom is 0.0342 e. The molecule has 3 rings (SSSR count). The maximum absolute atomic E-state index is 2.26. The van der Waals surface area contributed by atoms with Crippen LogP contribution >= 0.6 is 11.3 Å². The summed E-state index contributed by atoms with van der Waals surface area (Å²) in [4.78, 5) is 1.33. The van der Waals surface area contributed by atoms with Crippen LogP contribution in [-0.2, 0) is 6.42 Å². The lowest BCUT2D eigenvalue weighted by atomic mass is 10.0. The van der Waals surface area contributed by atoms with Gasteiger partial charge in [-0.05, 0) is 46.5 Å². The fourth-order valence-electron chi connectivity index (χ4n) is 2.51. The van der Waals surface area contributed by atoms with Gasteiger partial charge in [0.15, 0.2) is 0 Å². The highest BCUT2D eigenvalue weighted by Gasteiger charge is 2.01. The second kappa shape index (κ2) is 6.73. The first kappa shape index (κ1) is 14.1. The second-order valence-electron chi connectivity index (χ2n) is 5.36. The Balaban J connectivity index is 1.77. The van der Waals surface area contributed by atoms with Crippen molar-refractivity contribution in [2.24, 2.45) is 0 Å². The first-order chi connectivity index (χ1) is 10.4. The molecule has 0 N–H and O–H groups in total. The number of rotatable bonds is 5. The molecule has 0 bridgehead atoms. The molecule has 3 aromatic rings. The molecule has 0 aliphatic rings. The third-order valence-corrected chi connectivity index (χ3v) is 4.72. The van der Waals surface area contributed by atoms with E-state index < -0.39 is 0 Å². The van der Waals surface area contributed by atoms with Gasteiger partial charge in [-0.15, -0.1) is 11.3 Å². The first-order valence-corrected chi connectivity index (χ1v) is 8.48. The number of hydrogen-bond acceptors (Lipinski definition) is 1. The Morgan fingerprint density at radius 3 is 1.95 bits per heavy atom. The number of thiophene rings is 1. The standard InChI is InChI=1S/C20H20S/c1-2-3-5-16-7-9-17(10-8-16)18-11-13-19(14-12-18)20-6-4-15-21-20/h4,6-15H,2-3,5H2,1H3. The Morgan fingerprint density at radius 2 is 1.38 bits per heavy atom. The predicted octanol–water partition coefficient (Wildman–Crippen LogP) is 6.42. The minimum absolute atomic E-state index is 1.19. The van der Waals surface area contributed by atoms with Crippen LogP contribution in [0.25, 0.3) is 21.6 Å². The van der Waals surface area contributed by atoms with Gasteiger partial charge in [-0.2, -0.15) is 0 Å². The van der Waals surface area contributed by atoms with Crippen molar-refractivity contribution in [3.63, 3.8) is 0 Å². The van der Waals surface area contributed by atoms with Gasteiger partial charge in [0.05, 0.1) is 0 Å². The van der Waals surface area contributed by atoms with Crippen molar-refractivity contribution >= 4 is 11.3 Å². The van der Waals surface area contributed by atoms with Gasteiger partial charge in [-0.25, -0.2) is 0 Å². The average Bonchev–Trinajstić information content (AvgIpc) is 3.08. The van der Waals surface area contributed by atoms with E-state index in [1.807, 2.05) is 0 Å². The molecule has 0 radical (unpaired) electrons. The van der Waals surface area contributed by atoms with Crippen LogP contribution in [0, 0.1) is 0 Å². The van der Waals surface area contributed by atoms with Crippen LogP contribution in [0.3, 0.4) is 0 Å². The molecule has 1 aromatic heterocycles. The number of hydrogen-bond donors (Lipinski definition) is 0. The molecule has 106 valence electrons. The molecule has 0 aliphatic heterocycles. The lowest BCUT2D eigenvalue weighted by Crippen LogP contribution is -1.85. The van der Waals surface area contributed by atoms with E-state index in [1.54, 1.807) is 11.3 Å². The molecule has 21 heavy (non-hydrogen) atoms. The van der Waals surface area contributed by atoms with Crippen LogP contribution in [0.2, 0.25) is 0 Å². The van der Waals surface area contributed by atoms with Crippen LogP contribution in [0.4, 0.5) is 0 Å².